The molecule has 2 heterocycles. The van der Waals surface area contributed by atoms with E-state index in [9.17, 15) is 4.79 Å². The monoisotopic (exact) mass is 335 g/mol. The highest BCUT2D eigenvalue weighted by atomic mass is 16.2. The van der Waals surface area contributed by atoms with Gasteiger partial charge in [-0.15, -0.1) is 0 Å². The molecule has 0 bridgehead atoms. The molecule has 2 aromatic carbocycles. The van der Waals surface area contributed by atoms with Crippen molar-refractivity contribution in [1.82, 2.24) is 10.2 Å². The fourth-order valence-electron chi connectivity index (χ4n) is 3.96. The van der Waals surface area contributed by atoms with Crippen molar-refractivity contribution in [3.63, 3.8) is 0 Å². The molecule has 2 aliphatic heterocycles. The SMILES string of the molecule is O=C(CN1Cc2ccccc2C1)NC1CCCN(c2ccccc2)C1. The lowest BCUT2D eigenvalue weighted by molar-refractivity contribution is -0.123. The zero-order chi connectivity index (χ0) is 17.1. The van der Waals surface area contributed by atoms with E-state index in [1.807, 2.05) is 6.07 Å². The third-order valence-corrected chi connectivity index (χ3v) is 5.18. The average Bonchev–Trinajstić information content (AvgIpc) is 3.04. The van der Waals surface area contributed by atoms with E-state index in [0.29, 0.717) is 6.54 Å². The summed E-state index contributed by atoms with van der Waals surface area (Å²) in [4.78, 5) is 17.1. The highest BCUT2D eigenvalue weighted by Gasteiger charge is 2.24. The number of fused-ring (bicyclic) bond motifs is 1. The lowest BCUT2D eigenvalue weighted by Crippen LogP contribution is -2.49. The van der Waals surface area contributed by atoms with Gasteiger partial charge in [0.05, 0.1) is 6.54 Å². The van der Waals surface area contributed by atoms with Crippen molar-refractivity contribution < 1.29 is 4.79 Å². The molecular weight excluding hydrogens is 310 g/mol. The number of hydrogen-bond acceptors (Lipinski definition) is 3. The fourth-order valence-corrected chi connectivity index (χ4v) is 3.96. The van der Waals surface area contributed by atoms with Gasteiger partial charge in [-0.1, -0.05) is 42.5 Å². The number of hydrogen-bond donors (Lipinski definition) is 1. The second-order valence-electron chi connectivity index (χ2n) is 7.10. The highest BCUT2D eigenvalue weighted by Crippen LogP contribution is 2.22. The number of carbonyl (C=O) groups is 1. The van der Waals surface area contributed by atoms with Crippen molar-refractivity contribution in [1.29, 1.82) is 0 Å². The molecule has 0 radical (unpaired) electrons. The van der Waals surface area contributed by atoms with Gasteiger partial charge in [0.25, 0.3) is 0 Å². The van der Waals surface area contributed by atoms with Gasteiger partial charge in [0.1, 0.15) is 0 Å². The van der Waals surface area contributed by atoms with Crippen molar-refractivity contribution in [3.05, 3.63) is 65.7 Å². The Kier molecular flexibility index (Phi) is 4.70. The van der Waals surface area contributed by atoms with Crippen LogP contribution < -0.4 is 10.2 Å². The molecule has 0 aromatic heterocycles. The van der Waals surface area contributed by atoms with Gasteiger partial charge in [-0.2, -0.15) is 0 Å². The smallest absolute Gasteiger partial charge is 0.234 e. The maximum atomic E-state index is 12.5. The Balaban J connectivity index is 1.29. The van der Waals surface area contributed by atoms with Gasteiger partial charge in [-0.3, -0.25) is 9.69 Å². The number of nitrogens with zero attached hydrogens (tertiary/aromatic N) is 2. The van der Waals surface area contributed by atoms with Crippen molar-refractivity contribution in [2.45, 2.75) is 32.0 Å². The predicted octanol–water partition coefficient (Wildman–Crippen LogP) is 2.79. The predicted molar refractivity (Wildman–Crippen MR) is 100 cm³/mol. The number of anilines is 1. The van der Waals surface area contributed by atoms with Gasteiger partial charge in [0.2, 0.25) is 5.91 Å². The van der Waals surface area contributed by atoms with E-state index in [0.717, 1.165) is 39.0 Å². The maximum Gasteiger partial charge on any atom is 0.234 e. The van der Waals surface area contributed by atoms with Crippen LogP contribution >= 0.6 is 0 Å². The molecule has 1 unspecified atom stereocenters. The average molecular weight is 335 g/mol. The van der Waals surface area contributed by atoms with Crippen LogP contribution in [0.15, 0.2) is 54.6 Å². The molecule has 1 saturated heterocycles. The first kappa shape index (κ1) is 16.2. The minimum atomic E-state index is 0.146. The summed E-state index contributed by atoms with van der Waals surface area (Å²) in [6, 6.07) is 19.2. The van der Waals surface area contributed by atoms with Gasteiger partial charge < -0.3 is 10.2 Å². The van der Waals surface area contributed by atoms with Gasteiger partial charge in [0.15, 0.2) is 0 Å². The summed E-state index contributed by atoms with van der Waals surface area (Å²) in [6.07, 6.45) is 2.18. The summed E-state index contributed by atoms with van der Waals surface area (Å²) in [5.74, 6) is 0.146. The summed E-state index contributed by atoms with van der Waals surface area (Å²) >= 11 is 0. The van der Waals surface area contributed by atoms with E-state index >= 15 is 0 Å². The van der Waals surface area contributed by atoms with Crippen LogP contribution in [-0.2, 0) is 17.9 Å². The number of nitrogens with one attached hydrogen (secondary N) is 1. The van der Waals surface area contributed by atoms with Crippen LogP contribution in [0.4, 0.5) is 5.69 Å². The molecule has 1 amide bonds. The Labute approximate surface area is 149 Å². The van der Waals surface area contributed by atoms with Gasteiger partial charge in [-0.25, -0.2) is 0 Å². The quantitative estimate of drug-likeness (QED) is 0.933. The lowest BCUT2D eigenvalue weighted by Gasteiger charge is -2.35. The number of amides is 1. The topological polar surface area (TPSA) is 35.6 Å². The summed E-state index contributed by atoms with van der Waals surface area (Å²) in [7, 11) is 0. The van der Waals surface area contributed by atoms with E-state index in [4.69, 9.17) is 0 Å². The van der Waals surface area contributed by atoms with E-state index in [1.54, 1.807) is 0 Å². The minimum Gasteiger partial charge on any atom is -0.369 e. The van der Waals surface area contributed by atoms with Gasteiger partial charge in [0, 0.05) is 37.9 Å². The van der Waals surface area contributed by atoms with Crippen molar-refractivity contribution in [2.24, 2.45) is 0 Å². The molecule has 2 aliphatic rings. The molecular formula is C21H25N3O. The Hall–Kier alpha value is -2.33. The molecule has 130 valence electrons. The molecule has 0 spiro atoms. The van der Waals surface area contributed by atoms with Crippen LogP contribution in [0, 0.1) is 0 Å². The molecule has 0 saturated carbocycles. The van der Waals surface area contributed by atoms with E-state index < -0.39 is 0 Å². The molecule has 4 heteroatoms. The normalized spacial score (nSPS) is 20.3. The third-order valence-electron chi connectivity index (χ3n) is 5.18. The molecule has 2 aromatic rings. The van der Waals surface area contributed by atoms with E-state index in [1.165, 1.54) is 16.8 Å². The lowest BCUT2D eigenvalue weighted by atomic mass is 10.0. The fraction of sp³-hybridized carbons (Fsp3) is 0.381. The minimum absolute atomic E-state index is 0.146. The molecule has 4 nitrogen and oxygen atoms in total. The summed E-state index contributed by atoms with van der Waals surface area (Å²) in [6.45, 7) is 4.21. The van der Waals surface area contributed by atoms with Gasteiger partial charge in [-0.05, 0) is 36.1 Å². The standard InChI is InChI=1S/C21H25N3O/c25-21(16-23-13-17-7-4-5-8-18(17)14-23)22-19-9-6-12-24(15-19)20-10-2-1-3-11-20/h1-5,7-8,10-11,19H,6,9,12-16H2,(H,22,25). The van der Waals surface area contributed by atoms with Crippen molar-refractivity contribution in [3.8, 4) is 0 Å². The molecule has 25 heavy (non-hydrogen) atoms. The number of carbonyl (C=O) groups excluding carboxylic acids is 1. The Morgan fingerprint density at radius 1 is 1.00 bits per heavy atom. The van der Waals surface area contributed by atoms with Crippen LogP contribution in [0.1, 0.15) is 24.0 Å². The summed E-state index contributed by atoms with van der Waals surface area (Å²) in [5.41, 5.74) is 3.95. The Morgan fingerprint density at radius 2 is 1.68 bits per heavy atom. The highest BCUT2D eigenvalue weighted by molar-refractivity contribution is 5.78. The van der Waals surface area contributed by atoms with Crippen LogP contribution in [0.25, 0.3) is 0 Å². The first-order chi connectivity index (χ1) is 12.3. The largest absolute Gasteiger partial charge is 0.369 e. The van der Waals surface area contributed by atoms with Crippen LogP contribution in [0.2, 0.25) is 0 Å². The van der Waals surface area contributed by atoms with Gasteiger partial charge >= 0.3 is 0 Å². The second-order valence-corrected chi connectivity index (χ2v) is 7.10. The third kappa shape index (κ3) is 3.85. The first-order valence-electron chi connectivity index (χ1n) is 9.16. The zero-order valence-electron chi connectivity index (χ0n) is 14.5. The zero-order valence-corrected chi connectivity index (χ0v) is 14.5. The van der Waals surface area contributed by atoms with Crippen molar-refractivity contribution >= 4 is 11.6 Å². The van der Waals surface area contributed by atoms with E-state index in [-0.39, 0.29) is 11.9 Å². The molecule has 1 atom stereocenters. The number of benzene rings is 2. The first-order valence-corrected chi connectivity index (χ1v) is 9.16. The molecule has 1 N–H and O–H groups in total. The van der Waals surface area contributed by atoms with Crippen LogP contribution in [-0.4, -0.2) is 36.5 Å². The molecule has 4 rings (SSSR count). The van der Waals surface area contributed by atoms with Crippen molar-refractivity contribution in [2.75, 3.05) is 24.5 Å². The van der Waals surface area contributed by atoms with E-state index in [2.05, 4.69) is 63.6 Å². The Bertz CT molecular complexity index is 706. The number of piperidine rings is 1. The second kappa shape index (κ2) is 7.28. The van der Waals surface area contributed by atoms with Crippen LogP contribution in [0.5, 0.6) is 0 Å². The summed E-state index contributed by atoms with van der Waals surface area (Å²) < 4.78 is 0. The van der Waals surface area contributed by atoms with Crippen LogP contribution in [0.3, 0.4) is 0 Å². The Morgan fingerprint density at radius 3 is 2.40 bits per heavy atom. The number of rotatable bonds is 4. The number of para-hydroxylation sites is 1. The maximum absolute atomic E-state index is 12.5. The summed E-state index contributed by atoms with van der Waals surface area (Å²) in [5, 5.41) is 3.25. The molecule has 0 aliphatic carbocycles. The molecule has 1 fully saturated rings.